The largest absolute Gasteiger partial charge is 0.455 e. The average molecular weight is 460 g/mol. The first kappa shape index (κ1) is 20.0. The lowest BCUT2D eigenvalue weighted by Crippen LogP contribution is -2.02. The Morgan fingerprint density at radius 2 is 1.50 bits per heavy atom. The van der Waals surface area contributed by atoms with Crippen LogP contribution < -0.4 is 0 Å². The molecule has 5 heteroatoms. The van der Waals surface area contributed by atoms with Crippen molar-refractivity contribution in [1.82, 2.24) is 9.55 Å². The molecule has 0 saturated heterocycles. The maximum Gasteiger partial charge on any atom is 0.155 e. The summed E-state index contributed by atoms with van der Waals surface area (Å²) in [5.74, 6) is 0. The summed E-state index contributed by atoms with van der Waals surface area (Å²) >= 11 is 0. The molecule has 7 rings (SSSR count). The molecule has 36 heavy (non-hydrogen) atoms. The van der Waals surface area contributed by atoms with Crippen molar-refractivity contribution < 1.29 is 4.42 Å². The summed E-state index contributed by atoms with van der Waals surface area (Å²) in [6, 6.07) is 32.5. The highest BCUT2D eigenvalue weighted by atomic mass is 16.3. The van der Waals surface area contributed by atoms with Gasteiger partial charge in [0.1, 0.15) is 23.3 Å². The fourth-order valence-corrected chi connectivity index (χ4v) is 5.19. The number of pyridine rings is 1. The van der Waals surface area contributed by atoms with Gasteiger partial charge >= 0.3 is 0 Å². The molecule has 166 valence electrons. The highest BCUT2D eigenvalue weighted by molar-refractivity contribution is 6.12. The van der Waals surface area contributed by atoms with Gasteiger partial charge in [-0.05, 0) is 41.5 Å². The molecule has 0 saturated carbocycles. The van der Waals surface area contributed by atoms with E-state index in [-0.39, 0.29) is 0 Å². The number of rotatable bonds is 2. The fraction of sp³-hybridized carbons (Fsp3) is 0. The SMILES string of the molecule is N#Cc1cc2c(oc3ccccc32)c(C#N)c1-n1c2ccncc2c2cc(-c3ccccc3)ccc21. The quantitative estimate of drug-likeness (QED) is 0.268. The monoisotopic (exact) mass is 460 g/mol. The lowest BCUT2D eigenvalue weighted by Gasteiger charge is -2.12. The number of hydrogen-bond donors (Lipinski definition) is 0. The van der Waals surface area contributed by atoms with Crippen LogP contribution in [0.4, 0.5) is 0 Å². The third kappa shape index (κ3) is 2.72. The van der Waals surface area contributed by atoms with Gasteiger partial charge in [-0.2, -0.15) is 10.5 Å². The van der Waals surface area contributed by atoms with E-state index in [0.717, 1.165) is 43.7 Å². The van der Waals surface area contributed by atoms with Gasteiger partial charge in [0.15, 0.2) is 5.58 Å². The molecule has 3 aromatic heterocycles. The van der Waals surface area contributed by atoms with Crippen LogP contribution in [-0.4, -0.2) is 9.55 Å². The molecule has 0 bridgehead atoms. The van der Waals surface area contributed by atoms with Gasteiger partial charge in [0.25, 0.3) is 0 Å². The number of para-hydroxylation sites is 1. The Balaban J connectivity index is 1.63. The zero-order valence-electron chi connectivity index (χ0n) is 18.9. The van der Waals surface area contributed by atoms with Crippen molar-refractivity contribution in [1.29, 1.82) is 10.5 Å². The first-order valence-corrected chi connectivity index (χ1v) is 11.5. The molecule has 0 N–H and O–H groups in total. The number of nitrogens with zero attached hydrogens (tertiary/aromatic N) is 4. The minimum Gasteiger partial charge on any atom is -0.455 e. The molecule has 0 spiro atoms. The van der Waals surface area contributed by atoms with E-state index in [4.69, 9.17) is 4.42 Å². The molecule has 4 aromatic carbocycles. The molecule has 0 aliphatic rings. The second kappa shape index (κ2) is 7.56. The van der Waals surface area contributed by atoms with Crippen LogP contribution in [0.2, 0.25) is 0 Å². The van der Waals surface area contributed by atoms with Gasteiger partial charge < -0.3 is 8.98 Å². The zero-order valence-corrected chi connectivity index (χ0v) is 18.9. The second-order valence-electron chi connectivity index (χ2n) is 8.67. The van der Waals surface area contributed by atoms with Crippen LogP contribution in [0.1, 0.15) is 11.1 Å². The molecule has 7 aromatic rings. The molecule has 0 aliphatic carbocycles. The minimum atomic E-state index is 0.336. The van der Waals surface area contributed by atoms with Gasteiger partial charge in [0, 0.05) is 33.9 Å². The summed E-state index contributed by atoms with van der Waals surface area (Å²) in [6.45, 7) is 0. The van der Waals surface area contributed by atoms with Crippen molar-refractivity contribution in [2.75, 3.05) is 0 Å². The maximum absolute atomic E-state index is 10.4. The Bertz CT molecular complexity index is 2070. The summed E-state index contributed by atoms with van der Waals surface area (Å²) < 4.78 is 8.15. The number of nitriles is 2. The molecule has 0 amide bonds. The summed E-state index contributed by atoms with van der Waals surface area (Å²) in [6.07, 6.45) is 3.56. The van der Waals surface area contributed by atoms with Crippen molar-refractivity contribution in [3.8, 4) is 29.0 Å². The fourth-order valence-electron chi connectivity index (χ4n) is 5.19. The lowest BCUT2D eigenvalue weighted by molar-refractivity contribution is 0.667. The van der Waals surface area contributed by atoms with E-state index in [1.807, 2.05) is 71.4 Å². The highest BCUT2D eigenvalue weighted by Crippen LogP contribution is 2.40. The molecule has 0 fully saturated rings. The van der Waals surface area contributed by atoms with E-state index < -0.39 is 0 Å². The Kier molecular flexibility index (Phi) is 4.21. The topological polar surface area (TPSA) is 78.5 Å². The number of benzene rings is 4. The van der Waals surface area contributed by atoms with Crippen LogP contribution in [0.5, 0.6) is 0 Å². The summed E-state index contributed by atoms with van der Waals surface area (Å²) in [4.78, 5) is 4.37. The van der Waals surface area contributed by atoms with Crippen LogP contribution >= 0.6 is 0 Å². The van der Waals surface area contributed by atoms with Crippen molar-refractivity contribution in [3.63, 3.8) is 0 Å². The predicted molar refractivity (Wildman–Crippen MR) is 141 cm³/mol. The second-order valence-corrected chi connectivity index (χ2v) is 8.67. The molecule has 3 heterocycles. The van der Waals surface area contributed by atoms with Gasteiger partial charge in [-0.25, -0.2) is 0 Å². The van der Waals surface area contributed by atoms with Crippen molar-refractivity contribution >= 4 is 43.7 Å². The number of fused-ring (bicyclic) bond motifs is 6. The summed E-state index contributed by atoms with van der Waals surface area (Å²) in [7, 11) is 0. The molecular weight excluding hydrogens is 444 g/mol. The van der Waals surface area contributed by atoms with Crippen LogP contribution in [0.3, 0.4) is 0 Å². The predicted octanol–water partition coefficient (Wildman–Crippen LogP) is 7.49. The van der Waals surface area contributed by atoms with E-state index in [0.29, 0.717) is 28.0 Å². The smallest absolute Gasteiger partial charge is 0.155 e. The highest BCUT2D eigenvalue weighted by Gasteiger charge is 2.23. The van der Waals surface area contributed by atoms with Crippen LogP contribution in [-0.2, 0) is 0 Å². The average Bonchev–Trinajstić information content (AvgIpc) is 3.47. The number of hydrogen-bond acceptors (Lipinski definition) is 4. The Hall–Kier alpha value is -5.39. The van der Waals surface area contributed by atoms with Crippen molar-refractivity contribution in [2.45, 2.75) is 0 Å². The molecule has 0 aliphatic heterocycles. The minimum absolute atomic E-state index is 0.336. The Labute approximate surface area is 205 Å². The molecule has 0 radical (unpaired) electrons. The first-order chi connectivity index (χ1) is 17.8. The van der Waals surface area contributed by atoms with Crippen molar-refractivity contribution in [2.24, 2.45) is 0 Å². The lowest BCUT2D eigenvalue weighted by atomic mass is 10.0. The third-order valence-electron chi connectivity index (χ3n) is 6.77. The Morgan fingerprint density at radius 3 is 2.33 bits per heavy atom. The maximum atomic E-state index is 10.4. The van der Waals surface area contributed by atoms with E-state index in [1.54, 1.807) is 6.20 Å². The van der Waals surface area contributed by atoms with Crippen LogP contribution in [0.25, 0.3) is 60.6 Å². The number of furan rings is 1. The van der Waals surface area contributed by atoms with Crippen molar-refractivity contribution in [3.05, 3.63) is 108 Å². The van der Waals surface area contributed by atoms with E-state index in [2.05, 4.69) is 41.4 Å². The standard InChI is InChI=1S/C31H16N4O/c32-16-21-15-24-22-8-4-5-9-29(22)36-31(24)25(17-33)30(21)35-27-11-10-20(19-6-2-1-3-7-19)14-23(27)26-18-34-13-12-28(26)35/h1-15,18H. The Morgan fingerprint density at radius 1 is 0.694 bits per heavy atom. The third-order valence-corrected chi connectivity index (χ3v) is 6.77. The van der Waals surface area contributed by atoms with Gasteiger partial charge in [-0.15, -0.1) is 0 Å². The van der Waals surface area contributed by atoms with Gasteiger partial charge in [-0.1, -0.05) is 54.6 Å². The van der Waals surface area contributed by atoms with E-state index in [1.165, 1.54) is 0 Å². The normalized spacial score (nSPS) is 11.3. The van der Waals surface area contributed by atoms with Crippen LogP contribution in [0.15, 0.2) is 102 Å². The number of aromatic nitrogens is 2. The van der Waals surface area contributed by atoms with Crippen LogP contribution in [0, 0.1) is 22.7 Å². The van der Waals surface area contributed by atoms with E-state index in [9.17, 15) is 10.5 Å². The summed E-state index contributed by atoms with van der Waals surface area (Å²) in [5, 5.41) is 24.2. The molecule has 5 nitrogen and oxygen atoms in total. The van der Waals surface area contributed by atoms with E-state index >= 15 is 0 Å². The van der Waals surface area contributed by atoms with Gasteiger partial charge in [0.05, 0.1) is 22.3 Å². The first-order valence-electron chi connectivity index (χ1n) is 11.5. The zero-order chi connectivity index (χ0) is 24.2. The molecule has 0 atom stereocenters. The van der Waals surface area contributed by atoms with Gasteiger partial charge in [0.2, 0.25) is 0 Å². The molecule has 0 unspecified atom stereocenters. The summed E-state index contributed by atoms with van der Waals surface area (Å²) in [5.41, 5.74) is 6.39. The van der Waals surface area contributed by atoms with Gasteiger partial charge in [-0.3, -0.25) is 4.98 Å². The molecular formula is C31H16N4O.